The molecule has 206 valence electrons. The van der Waals surface area contributed by atoms with E-state index in [0.717, 1.165) is 48.1 Å². The predicted molar refractivity (Wildman–Crippen MR) is 158 cm³/mol. The third-order valence-corrected chi connectivity index (χ3v) is 9.03. The number of allylic oxidation sites excluding steroid dienone is 6. The number of nitrogens with zero attached hydrogens (tertiary/aromatic N) is 3. The van der Waals surface area contributed by atoms with Crippen LogP contribution in [0.2, 0.25) is 0 Å². The van der Waals surface area contributed by atoms with Gasteiger partial charge in [-0.15, -0.1) is 0 Å². The summed E-state index contributed by atoms with van der Waals surface area (Å²) < 4.78 is 0. The number of hydrogen-bond donors (Lipinski definition) is 1. The highest BCUT2D eigenvalue weighted by Gasteiger charge is 2.59. The summed E-state index contributed by atoms with van der Waals surface area (Å²) in [4.78, 5) is 31.5. The van der Waals surface area contributed by atoms with E-state index in [1.807, 2.05) is 46.3 Å². The molecule has 0 spiro atoms. The van der Waals surface area contributed by atoms with Crippen molar-refractivity contribution in [1.82, 2.24) is 10.2 Å². The Bertz CT molecular complexity index is 1450. The zero-order valence-corrected chi connectivity index (χ0v) is 24.0. The molecule has 0 bridgehead atoms. The summed E-state index contributed by atoms with van der Waals surface area (Å²) in [6.45, 7) is 9.92. The molecule has 1 aliphatic carbocycles. The number of dihydropyridines is 1. The number of benzene rings is 1. The van der Waals surface area contributed by atoms with Gasteiger partial charge in [0, 0.05) is 43.9 Å². The lowest BCUT2D eigenvalue weighted by atomic mass is 9.80. The first-order valence-corrected chi connectivity index (χ1v) is 14.2. The maximum Gasteiger partial charge on any atom is 0.226 e. The second kappa shape index (κ2) is 10.5. The van der Waals surface area contributed by atoms with Crippen molar-refractivity contribution in [3.8, 4) is 6.07 Å². The predicted octanol–water partition coefficient (Wildman–Crippen LogP) is 6.16. The molecule has 1 saturated carbocycles. The van der Waals surface area contributed by atoms with Gasteiger partial charge in [0.2, 0.25) is 11.8 Å². The van der Waals surface area contributed by atoms with Crippen molar-refractivity contribution in [2.24, 2.45) is 10.9 Å². The number of hydrogen-bond acceptors (Lipinski definition) is 4. The van der Waals surface area contributed by atoms with Crippen molar-refractivity contribution in [1.29, 1.82) is 5.26 Å². The van der Waals surface area contributed by atoms with Crippen LogP contribution in [-0.2, 0) is 15.0 Å². The van der Waals surface area contributed by atoms with E-state index in [2.05, 4.69) is 54.4 Å². The molecule has 3 heterocycles. The van der Waals surface area contributed by atoms with Crippen LogP contribution in [0.4, 0.5) is 0 Å². The Morgan fingerprint density at radius 1 is 1.23 bits per heavy atom. The quantitative estimate of drug-likeness (QED) is 0.443. The minimum absolute atomic E-state index is 0.0629. The number of carbonyl (C=O) groups is 2. The SMILES string of the molecule is C=C/C(=C\C1=C(C)NC(=O)CC1)C1=CC=NC2(/C3=C/N(C)C(=O)CCC(c4ccc(C(C)(C)C#N)cc4)C3)CC12. The highest BCUT2D eigenvalue weighted by molar-refractivity contribution is 5.82. The molecular weight excluding hydrogens is 496 g/mol. The van der Waals surface area contributed by atoms with Crippen LogP contribution in [0.1, 0.15) is 76.3 Å². The van der Waals surface area contributed by atoms with Gasteiger partial charge in [0.15, 0.2) is 0 Å². The van der Waals surface area contributed by atoms with Gasteiger partial charge in [0.1, 0.15) is 0 Å². The van der Waals surface area contributed by atoms with Crippen LogP contribution in [0.3, 0.4) is 0 Å². The van der Waals surface area contributed by atoms with Crippen molar-refractivity contribution < 1.29 is 9.59 Å². The van der Waals surface area contributed by atoms with E-state index in [9.17, 15) is 14.9 Å². The third kappa shape index (κ3) is 5.13. The molecule has 6 nitrogen and oxygen atoms in total. The Kier molecular flexibility index (Phi) is 7.27. The molecule has 1 aromatic rings. The van der Waals surface area contributed by atoms with E-state index in [1.165, 1.54) is 16.7 Å². The van der Waals surface area contributed by atoms with Crippen LogP contribution in [0.5, 0.6) is 0 Å². The average Bonchev–Trinajstić information content (AvgIpc) is 3.70. The molecule has 40 heavy (non-hydrogen) atoms. The first kappa shape index (κ1) is 27.6. The smallest absolute Gasteiger partial charge is 0.226 e. The molecular formula is C34H38N4O2. The number of carbonyl (C=O) groups excluding carboxylic acids is 2. The molecule has 1 N–H and O–H groups in total. The standard InChI is InChI=1S/C34H38N4O2/c1-6-23(17-25-9-13-31(39)37-22(25)2)29-15-16-36-34(19-30(29)34)28-18-26(10-14-32(40)38(5)20-28)24-7-11-27(12-8-24)33(3,4)21-35/h6-8,11-12,15-17,20,26,30H,1,9-10,13-14,18-19H2,2-5H3,(H,37,39)/b23-17+,28-20+. The van der Waals surface area contributed by atoms with Gasteiger partial charge in [0.05, 0.1) is 17.0 Å². The minimum atomic E-state index is -0.545. The summed E-state index contributed by atoms with van der Waals surface area (Å²) in [7, 11) is 1.85. The lowest BCUT2D eigenvalue weighted by molar-refractivity contribution is -0.128. The highest BCUT2D eigenvalue weighted by atomic mass is 16.2. The number of aliphatic imine (C=N–C) groups is 1. The fourth-order valence-electron chi connectivity index (χ4n) is 6.29. The Hall–Kier alpha value is -3.98. The summed E-state index contributed by atoms with van der Waals surface area (Å²) in [5.74, 6) is 0.584. The summed E-state index contributed by atoms with van der Waals surface area (Å²) in [6, 6.07) is 10.7. The van der Waals surface area contributed by atoms with Gasteiger partial charge >= 0.3 is 0 Å². The number of amides is 2. The Morgan fingerprint density at radius 3 is 2.65 bits per heavy atom. The van der Waals surface area contributed by atoms with Crippen molar-refractivity contribution >= 4 is 18.0 Å². The largest absolute Gasteiger partial charge is 0.330 e. The topological polar surface area (TPSA) is 85.6 Å². The Labute approximate surface area is 237 Å². The molecule has 3 aliphatic heterocycles. The van der Waals surface area contributed by atoms with E-state index in [0.29, 0.717) is 12.8 Å². The van der Waals surface area contributed by atoms with Crippen LogP contribution >= 0.6 is 0 Å². The fraction of sp³-hybridized carbons (Fsp3) is 0.412. The van der Waals surface area contributed by atoms with Gasteiger partial charge in [-0.1, -0.05) is 36.9 Å². The molecule has 1 fully saturated rings. The van der Waals surface area contributed by atoms with Gasteiger partial charge in [-0.25, -0.2) is 0 Å². The van der Waals surface area contributed by atoms with E-state index in [4.69, 9.17) is 4.99 Å². The Balaban J connectivity index is 1.44. The first-order valence-electron chi connectivity index (χ1n) is 14.2. The van der Waals surface area contributed by atoms with Crippen molar-refractivity contribution in [3.63, 3.8) is 0 Å². The molecule has 4 aliphatic rings. The molecule has 5 rings (SSSR count). The van der Waals surface area contributed by atoms with E-state index in [-0.39, 0.29) is 29.2 Å². The number of nitrogens with one attached hydrogen (secondary N) is 1. The molecule has 3 atom stereocenters. The zero-order valence-electron chi connectivity index (χ0n) is 24.0. The normalized spacial score (nSPS) is 28.4. The first-order chi connectivity index (χ1) is 19.1. The second-order valence-electron chi connectivity index (χ2n) is 12.0. The summed E-state index contributed by atoms with van der Waals surface area (Å²) in [6.07, 6.45) is 14.3. The van der Waals surface area contributed by atoms with E-state index < -0.39 is 5.41 Å². The molecule has 0 aromatic heterocycles. The van der Waals surface area contributed by atoms with Gasteiger partial charge in [0.25, 0.3) is 0 Å². The fourth-order valence-corrected chi connectivity index (χ4v) is 6.29. The molecule has 1 aromatic carbocycles. The summed E-state index contributed by atoms with van der Waals surface area (Å²) in [5.41, 5.74) is 6.77. The van der Waals surface area contributed by atoms with Crippen LogP contribution in [-0.4, -0.2) is 35.5 Å². The lowest BCUT2D eigenvalue weighted by Crippen LogP contribution is -2.28. The van der Waals surface area contributed by atoms with E-state index >= 15 is 0 Å². The third-order valence-electron chi connectivity index (χ3n) is 9.03. The maximum atomic E-state index is 12.9. The van der Waals surface area contributed by atoms with Crippen molar-refractivity contribution in [2.45, 2.75) is 76.2 Å². The summed E-state index contributed by atoms with van der Waals surface area (Å²) >= 11 is 0. The second-order valence-corrected chi connectivity index (χ2v) is 12.0. The Morgan fingerprint density at radius 2 is 1.98 bits per heavy atom. The van der Waals surface area contributed by atoms with Gasteiger partial charge in [-0.05, 0) is 97.9 Å². The number of fused-ring (bicyclic) bond motifs is 1. The van der Waals surface area contributed by atoms with Crippen molar-refractivity contribution in [3.05, 3.63) is 94.4 Å². The van der Waals surface area contributed by atoms with Crippen LogP contribution in [0.25, 0.3) is 0 Å². The molecule has 6 heteroatoms. The lowest BCUT2D eigenvalue weighted by Gasteiger charge is -2.30. The van der Waals surface area contributed by atoms with Gasteiger partial charge in [-0.3, -0.25) is 14.6 Å². The van der Waals surface area contributed by atoms with Gasteiger partial charge < -0.3 is 10.2 Å². The maximum absolute atomic E-state index is 12.9. The molecule has 3 unspecified atom stereocenters. The van der Waals surface area contributed by atoms with Crippen molar-refractivity contribution in [2.75, 3.05) is 7.05 Å². The van der Waals surface area contributed by atoms with Gasteiger partial charge in [-0.2, -0.15) is 5.26 Å². The molecule has 2 amide bonds. The summed E-state index contributed by atoms with van der Waals surface area (Å²) in [5, 5.41) is 12.5. The number of nitriles is 1. The molecule has 0 radical (unpaired) electrons. The van der Waals surface area contributed by atoms with E-state index in [1.54, 1.807) is 4.90 Å². The van der Waals surface area contributed by atoms with Crippen LogP contribution in [0.15, 0.2) is 88.3 Å². The number of rotatable bonds is 6. The van der Waals surface area contributed by atoms with Crippen LogP contribution < -0.4 is 5.32 Å². The monoisotopic (exact) mass is 534 g/mol. The minimum Gasteiger partial charge on any atom is -0.330 e. The average molecular weight is 535 g/mol. The van der Waals surface area contributed by atoms with Crippen LogP contribution in [0, 0.1) is 17.2 Å². The molecule has 0 saturated heterocycles. The zero-order chi connectivity index (χ0) is 28.7. The highest BCUT2D eigenvalue weighted by Crippen LogP contribution is 2.60.